The van der Waals surface area contributed by atoms with E-state index in [0.717, 1.165) is 6.07 Å². The monoisotopic (exact) mass is 242 g/mol. The molecule has 4 nitrogen and oxygen atoms in total. The smallest absolute Gasteiger partial charge is 0.309 e. The maximum Gasteiger partial charge on any atom is 0.309 e. The van der Waals surface area contributed by atoms with Crippen molar-refractivity contribution in [3.05, 3.63) is 23.5 Å². The number of methoxy groups -OCH3 is 1. The number of rotatable bonds is 4. The van der Waals surface area contributed by atoms with Gasteiger partial charge in [0.1, 0.15) is 5.75 Å². The van der Waals surface area contributed by atoms with Crippen molar-refractivity contribution in [2.75, 3.05) is 7.11 Å². The topological polar surface area (TPSA) is 66.8 Å². The molecule has 5 heteroatoms. The number of phenols is 1. The van der Waals surface area contributed by atoms with E-state index in [9.17, 15) is 14.3 Å². The first-order valence-corrected chi connectivity index (χ1v) is 5.06. The molecule has 0 saturated heterocycles. The Morgan fingerprint density at radius 3 is 2.53 bits per heavy atom. The van der Waals surface area contributed by atoms with Gasteiger partial charge in [-0.1, -0.05) is 0 Å². The van der Waals surface area contributed by atoms with Crippen LogP contribution in [0.15, 0.2) is 12.1 Å². The second-order valence-electron chi connectivity index (χ2n) is 4.48. The zero-order valence-electron chi connectivity index (χ0n) is 9.95. The quantitative estimate of drug-likeness (QED) is 0.849. The summed E-state index contributed by atoms with van der Waals surface area (Å²) in [4.78, 5) is 11.0. The van der Waals surface area contributed by atoms with E-state index in [-0.39, 0.29) is 17.9 Å². The summed E-state index contributed by atoms with van der Waals surface area (Å²) in [5.74, 6) is -1.95. The number of carboxylic acid groups (broad SMARTS) is 1. The molecule has 0 atom stereocenters. The summed E-state index contributed by atoms with van der Waals surface area (Å²) < 4.78 is 18.0. The van der Waals surface area contributed by atoms with Crippen LogP contribution >= 0.6 is 0 Å². The van der Waals surface area contributed by atoms with Crippen molar-refractivity contribution in [2.45, 2.75) is 20.3 Å². The fourth-order valence-corrected chi connectivity index (χ4v) is 1.43. The maximum atomic E-state index is 13.2. The van der Waals surface area contributed by atoms with Crippen LogP contribution in [0.1, 0.15) is 19.4 Å². The van der Waals surface area contributed by atoms with Crippen molar-refractivity contribution < 1.29 is 24.1 Å². The molecule has 94 valence electrons. The van der Waals surface area contributed by atoms with Crippen LogP contribution in [-0.2, 0) is 11.2 Å². The number of benzene rings is 1. The molecule has 1 rings (SSSR count). The van der Waals surface area contributed by atoms with Crippen LogP contribution in [0.4, 0.5) is 4.39 Å². The molecule has 0 aromatic heterocycles. The highest BCUT2D eigenvalue weighted by molar-refractivity contribution is 5.74. The second kappa shape index (κ2) is 4.61. The van der Waals surface area contributed by atoms with E-state index in [1.807, 2.05) is 0 Å². The molecule has 0 saturated carbocycles. The van der Waals surface area contributed by atoms with Gasteiger partial charge in [0.25, 0.3) is 0 Å². The lowest BCUT2D eigenvalue weighted by Gasteiger charge is -2.20. The molecule has 0 aliphatic carbocycles. The molecule has 0 unspecified atom stereocenters. The Morgan fingerprint density at radius 1 is 1.47 bits per heavy atom. The minimum Gasteiger partial charge on any atom is -0.508 e. The molecule has 1 aromatic carbocycles. The van der Waals surface area contributed by atoms with Gasteiger partial charge in [0, 0.05) is 6.07 Å². The maximum absolute atomic E-state index is 13.2. The molecule has 17 heavy (non-hydrogen) atoms. The molecule has 0 radical (unpaired) electrons. The van der Waals surface area contributed by atoms with Crippen molar-refractivity contribution >= 4 is 5.97 Å². The lowest BCUT2D eigenvalue weighted by molar-refractivity contribution is -0.146. The Morgan fingerprint density at radius 2 is 2.06 bits per heavy atom. The largest absolute Gasteiger partial charge is 0.508 e. The summed E-state index contributed by atoms with van der Waals surface area (Å²) in [5, 5.41) is 18.6. The van der Waals surface area contributed by atoms with E-state index in [1.54, 1.807) is 0 Å². The van der Waals surface area contributed by atoms with Gasteiger partial charge in [0.05, 0.1) is 12.5 Å². The van der Waals surface area contributed by atoms with Crippen LogP contribution in [-0.4, -0.2) is 23.3 Å². The van der Waals surface area contributed by atoms with E-state index in [0.29, 0.717) is 5.56 Å². The average Bonchev–Trinajstić information content (AvgIpc) is 2.21. The molecule has 0 heterocycles. The first kappa shape index (κ1) is 13.3. The van der Waals surface area contributed by atoms with Gasteiger partial charge in [-0.15, -0.1) is 0 Å². The third-order valence-electron chi connectivity index (χ3n) is 2.56. The molecular weight excluding hydrogens is 227 g/mol. The first-order chi connectivity index (χ1) is 7.77. The van der Waals surface area contributed by atoms with Gasteiger partial charge in [0.2, 0.25) is 0 Å². The Bertz CT molecular complexity index is 440. The number of hydrogen-bond acceptors (Lipinski definition) is 3. The summed E-state index contributed by atoms with van der Waals surface area (Å²) in [7, 11) is 1.31. The molecule has 2 N–H and O–H groups in total. The highest BCUT2D eigenvalue weighted by atomic mass is 19.1. The lowest BCUT2D eigenvalue weighted by atomic mass is 9.85. The summed E-state index contributed by atoms with van der Waals surface area (Å²) in [6.45, 7) is 3.06. The number of halogens is 1. The van der Waals surface area contributed by atoms with Gasteiger partial charge in [-0.25, -0.2) is 4.39 Å². The molecule has 0 aliphatic rings. The van der Waals surface area contributed by atoms with Crippen molar-refractivity contribution in [2.24, 2.45) is 5.41 Å². The summed E-state index contributed by atoms with van der Waals surface area (Å²) in [6.07, 6.45) is 0.0881. The van der Waals surface area contributed by atoms with E-state index >= 15 is 0 Å². The number of aliphatic carboxylic acids is 1. The predicted molar refractivity (Wildman–Crippen MR) is 59.7 cm³/mol. The van der Waals surface area contributed by atoms with E-state index in [2.05, 4.69) is 0 Å². The number of carbonyl (C=O) groups is 1. The van der Waals surface area contributed by atoms with Crippen molar-refractivity contribution in [1.82, 2.24) is 0 Å². The van der Waals surface area contributed by atoms with Gasteiger partial charge < -0.3 is 14.9 Å². The first-order valence-electron chi connectivity index (χ1n) is 5.06. The van der Waals surface area contributed by atoms with Crippen molar-refractivity contribution in [3.8, 4) is 11.5 Å². The number of aromatic hydroxyl groups is 1. The Balaban J connectivity index is 3.11. The molecule has 0 spiro atoms. The molecule has 0 amide bonds. The zero-order valence-corrected chi connectivity index (χ0v) is 9.95. The molecule has 1 aromatic rings. The molecule has 0 aliphatic heterocycles. The fourth-order valence-electron chi connectivity index (χ4n) is 1.43. The van der Waals surface area contributed by atoms with Crippen LogP contribution in [0.2, 0.25) is 0 Å². The normalized spacial score (nSPS) is 11.3. The van der Waals surface area contributed by atoms with Crippen LogP contribution in [0.25, 0.3) is 0 Å². The standard InChI is InChI=1S/C12H15FO4/c1-12(2,11(15)16)6-7-4-10(17-3)8(13)5-9(7)14/h4-5,14H,6H2,1-3H3,(H,15,16). The second-order valence-corrected chi connectivity index (χ2v) is 4.48. The highest BCUT2D eigenvalue weighted by Gasteiger charge is 2.29. The average molecular weight is 242 g/mol. The third-order valence-corrected chi connectivity index (χ3v) is 2.56. The predicted octanol–water partition coefficient (Wildman–Crippen LogP) is 2.19. The highest BCUT2D eigenvalue weighted by Crippen LogP contribution is 2.32. The SMILES string of the molecule is COc1cc(CC(C)(C)C(=O)O)c(O)cc1F. The molecular formula is C12H15FO4. The van der Waals surface area contributed by atoms with Crippen LogP contribution in [0.5, 0.6) is 11.5 Å². The van der Waals surface area contributed by atoms with E-state index < -0.39 is 17.2 Å². The zero-order chi connectivity index (χ0) is 13.2. The Labute approximate surface area is 98.7 Å². The Hall–Kier alpha value is -1.78. The minimum atomic E-state index is -1.04. The fraction of sp³-hybridized carbons (Fsp3) is 0.417. The van der Waals surface area contributed by atoms with Crippen LogP contribution < -0.4 is 4.74 Å². The van der Waals surface area contributed by atoms with Gasteiger partial charge >= 0.3 is 5.97 Å². The third kappa shape index (κ3) is 2.87. The summed E-state index contributed by atoms with van der Waals surface area (Å²) in [5.41, 5.74) is -0.698. The van der Waals surface area contributed by atoms with E-state index in [1.165, 1.54) is 27.0 Å². The van der Waals surface area contributed by atoms with Gasteiger partial charge in [-0.05, 0) is 31.9 Å². The number of hydrogen-bond donors (Lipinski definition) is 2. The summed E-state index contributed by atoms with van der Waals surface area (Å²) in [6, 6.07) is 2.24. The Kier molecular flexibility index (Phi) is 3.60. The van der Waals surface area contributed by atoms with E-state index in [4.69, 9.17) is 9.84 Å². The summed E-state index contributed by atoms with van der Waals surface area (Å²) >= 11 is 0. The van der Waals surface area contributed by atoms with Crippen LogP contribution in [0, 0.1) is 11.2 Å². The minimum absolute atomic E-state index is 0.0148. The van der Waals surface area contributed by atoms with Gasteiger partial charge in [-0.2, -0.15) is 0 Å². The van der Waals surface area contributed by atoms with Gasteiger partial charge in [0.15, 0.2) is 11.6 Å². The number of carboxylic acids is 1. The van der Waals surface area contributed by atoms with Crippen LogP contribution in [0.3, 0.4) is 0 Å². The van der Waals surface area contributed by atoms with Crippen molar-refractivity contribution in [1.29, 1.82) is 0 Å². The number of phenolic OH excluding ortho intramolecular Hbond substituents is 1. The molecule has 0 bridgehead atoms. The van der Waals surface area contributed by atoms with Gasteiger partial charge in [-0.3, -0.25) is 4.79 Å². The van der Waals surface area contributed by atoms with Crippen molar-refractivity contribution in [3.63, 3.8) is 0 Å². The number of ether oxygens (including phenoxy) is 1. The molecule has 0 fully saturated rings. The lowest BCUT2D eigenvalue weighted by Crippen LogP contribution is -2.26.